The van der Waals surface area contributed by atoms with Crippen molar-refractivity contribution in [3.8, 4) is 0 Å². The maximum atomic E-state index is 2.37. The summed E-state index contributed by atoms with van der Waals surface area (Å²) in [6.07, 6.45) is 12.5. The third-order valence-corrected chi connectivity index (χ3v) is 5.55. The molecular weight excluding hydrogens is 409 g/mol. The Bertz CT molecular complexity index is 726. The smallest absolute Gasteiger partial charge is 1.00 e. The van der Waals surface area contributed by atoms with Gasteiger partial charge in [0.15, 0.2) is 0 Å². The van der Waals surface area contributed by atoms with E-state index in [1.807, 2.05) is 0 Å². The summed E-state index contributed by atoms with van der Waals surface area (Å²) in [7, 11) is 1.42. The van der Waals surface area contributed by atoms with Crippen LogP contribution in [0.5, 0.6) is 0 Å². The molecule has 1 unspecified atom stereocenters. The van der Waals surface area contributed by atoms with E-state index in [2.05, 4.69) is 61.6 Å². The molecular formula is C18H15Cl2PZr. The Kier molecular flexibility index (Phi) is 7.29. The van der Waals surface area contributed by atoms with Crippen molar-refractivity contribution < 1.29 is 51.0 Å². The molecule has 0 N–H and O–H groups in total. The largest absolute Gasteiger partial charge is 2.00 e. The van der Waals surface area contributed by atoms with Crippen LogP contribution in [0.25, 0.3) is 6.08 Å². The minimum Gasteiger partial charge on any atom is -1.00 e. The van der Waals surface area contributed by atoms with Crippen LogP contribution in [0.15, 0.2) is 65.0 Å². The molecule has 110 valence electrons. The van der Waals surface area contributed by atoms with Crippen molar-refractivity contribution in [2.24, 2.45) is 0 Å². The van der Waals surface area contributed by atoms with Gasteiger partial charge in [-0.3, -0.25) is 0 Å². The molecule has 3 aliphatic rings. The molecule has 0 nitrogen and oxygen atoms in total. The van der Waals surface area contributed by atoms with Gasteiger partial charge >= 0.3 is 26.2 Å². The fourth-order valence-corrected chi connectivity index (χ4v) is 4.52. The summed E-state index contributed by atoms with van der Waals surface area (Å²) < 4.78 is 0. The number of rotatable bonds is 2. The first-order valence-electron chi connectivity index (χ1n) is 6.86. The van der Waals surface area contributed by atoms with Gasteiger partial charge in [-0.1, -0.05) is 63.7 Å². The molecule has 0 radical (unpaired) electrons. The van der Waals surface area contributed by atoms with Crippen molar-refractivity contribution in [2.45, 2.75) is 19.3 Å². The van der Waals surface area contributed by atoms with Crippen LogP contribution >= 0.6 is 8.20 Å². The molecule has 22 heavy (non-hydrogen) atoms. The molecule has 0 aromatic heterocycles. The predicted octanol–water partition coefficient (Wildman–Crippen LogP) is -0.905. The van der Waals surface area contributed by atoms with E-state index in [4.69, 9.17) is 0 Å². The van der Waals surface area contributed by atoms with E-state index in [-0.39, 0.29) is 51.0 Å². The van der Waals surface area contributed by atoms with E-state index in [1.54, 1.807) is 10.9 Å². The first kappa shape index (κ1) is 19.9. The molecule has 1 aliphatic heterocycles. The van der Waals surface area contributed by atoms with Crippen molar-refractivity contribution in [1.82, 2.24) is 0 Å². The van der Waals surface area contributed by atoms with Gasteiger partial charge < -0.3 is 24.8 Å². The number of hydrogen-bond donors (Lipinski definition) is 0. The van der Waals surface area contributed by atoms with Gasteiger partial charge in [-0.2, -0.15) is 0 Å². The monoisotopic (exact) mass is 422 g/mol. The van der Waals surface area contributed by atoms with Crippen molar-refractivity contribution in [3.05, 3.63) is 76.2 Å². The van der Waals surface area contributed by atoms with Gasteiger partial charge in [-0.25, -0.2) is 0 Å². The SMILES string of the molecule is CCC1=C(C2C=Cc3ccccc32)C2=CC=CC2=P1.[Cl-].[Cl-].[Zr+2]. The van der Waals surface area contributed by atoms with Gasteiger partial charge in [0, 0.05) is 11.2 Å². The average molecular weight is 424 g/mol. The van der Waals surface area contributed by atoms with E-state index < -0.39 is 0 Å². The summed E-state index contributed by atoms with van der Waals surface area (Å²) in [4.78, 5) is 0. The Labute approximate surface area is 165 Å². The van der Waals surface area contributed by atoms with Gasteiger partial charge in [-0.15, -0.1) is 0 Å². The van der Waals surface area contributed by atoms with Crippen LogP contribution in [0, 0.1) is 0 Å². The molecule has 0 saturated carbocycles. The molecule has 0 bridgehead atoms. The predicted molar refractivity (Wildman–Crippen MR) is 84.7 cm³/mol. The third kappa shape index (κ3) is 3.07. The summed E-state index contributed by atoms with van der Waals surface area (Å²) in [6, 6.07) is 8.78. The summed E-state index contributed by atoms with van der Waals surface area (Å²) in [5.41, 5.74) is 5.88. The Balaban J connectivity index is 0.000000807. The fourth-order valence-electron chi connectivity index (χ4n) is 3.21. The van der Waals surface area contributed by atoms with E-state index in [0.29, 0.717) is 5.92 Å². The molecule has 2 aliphatic carbocycles. The second-order valence-corrected chi connectivity index (χ2v) is 6.36. The molecule has 4 rings (SSSR count). The normalized spacial score (nSPS) is 20.3. The van der Waals surface area contributed by atoms with Crippen molar-refractivity contribution >= 4 is 19.6 Å². The van der Waals surface area contributed by atoms with Crippen LogP contribution in [0.3, 0.4) is 0 Å². The van der Waals surface area contributed by atoms with Gasteiger partial charge in [-0.05, 0) is 40.1 Å². The van der Waals surface area contributed by atoms with Crippen LogP contribution in [-0.2, 0) is 26.2 Å². The van der Waals surface area contributed by atoms with Crippen LogP contribution in [0.1, 0.15) is 30.4 Å². The van der Waals surface area contributed by atoms with E-state index in [9.17, 15) is 0 Å². The molecule has 4 heteroatoms. The van der Waals surface area contributed by atoms with Crippen LogP contribution < -0.4 is 24.8 Å². The maximum Gasteiger partial charge on any atom is 2.00 e. The Morgan fingerprint density at radius 3 is 2.64 bits per heavy atom. The fraction of sp³-hybridized carbons (Fsp3) is 0.167. The second kappa shape index (κ2) is 8.07. The quantitative estimate of drug-likeness (QED) is 0.540. The Morgan fingerprint density at radius 2 is 1.86 bits per heavy atom. The maximum absolute atomic E-state index is 2.37. The average Bonchev–Trinajstić information content (AvgIpc) is 3.11. The number of halogens is 2. The van der Waals surface area contributed by atoms with E-state index in [0.717, 1.165) is 6.42 Å². The standard InChI is InChI=1S/C18H15P.2ClH.Zr/c1-2-16-18(15-8-5-9-17(15)19-16)14-11-10-12-6-3-4-7-13(12)14;;;/h3-11,14H,2H2,1H3;2*1H;/q;;;+2/p-2. The van der Waals surface area contributed by atoms with Crippen LogP contribution in [0.4, 0.5) is 0 Å². The topological polar surface area (TPSA) is 0 Å². The van der Waals surface area contributed by atoms with Crippen molar-refractivity contribution in [3.63, 3.8) is 0 Å². The number of fused-ring (bicyclic) bond motifs is 2. The minimum absolute atomic E-state index is 0. The molecule has 1 heterocycles. The van der Waals surface area contributed by atoms with Crippen molar-refractivity contribution in [1.29, 1.82) is 0 Å². The third-order valence-electron chi connectivity index (χ3n) is 4.09. The van der Waals surface area contributed by atoms with E-state index in [1.165, 1.54) is 30.2 Å². The molecule has 1 atom stereocenters. The molecule has 0 amide bonds. The summed E-state index contributed by atoms with van der Waals surface area (Å²) in [5.74, 6) is 0.460. The van der Waals surface area contributed by atoms with Crippen LogP contribution in [-0.4, -0.2) is 5.29 Å². The first-order valence-corrected chi connectivity index (χ1v) is 7.76. The van der Waals surface area contributed by atoms with Crippen LogP contribution in [0.2, 0.25) is 0 Å². The number of allylic oxidation sites excluding steroid dienone is 7. The van der Waals surface area contributed by atoms with Gasteiger partial charge in [0.05, 0.1) is 0 Å². The minimum atomic E-state index is 0. The Morgan fingerprint density at radius 1 is 1.09 bits per heavy atom. The van der Waals surface area contributed by atoms with Gasteiger partial charge in [0.2, 0.25) is 0 Å². The zero-order valence-electron chi connectivity index (χ0n) is 12.2. The van der Waals surface area contributed by atoms with Gasteiger partial charge in [0.25, 0.3) is 0 Å². The zero-order chi connectivity index (χ0) is 12.8. The van der Waals surface area contributed by atoms with Gasteiger partial charge in [0.1, 0.15) is 0 Å². The summed E-state index contributed by atoms with van der Waals surface area (Å²) in [5, 5.41) is 3.08. The summed E-state index contributed by atoms with van der Waals surface area (Å²) >= 11 is 0. The second-order valence-electron chi connectivity index (χ2n) is 5.12. The molecule has 0 saturated heterocycles. The number of benzene rings is 1. The molecule has 0 spiro atoms. The summed E-state index contributed by atoms with van der Waals surface area (Å²) in [6.45, 7) is 2.28. The molecule has 1 aromatic carbocycles. The number of hydrogen-bond acceptors (Lipinski definition) is 0. The van der Waals surface area contributed by atoms with Crippen molar-refractivity contribution in [2.75, 3.05) is 0 Å². The Hall–Kier alpha value is -0.187. The first-order chi connectivity index (χ1) is 9.38. The zero-order valence-corrected chi connectivity index (χ0v) is 17.0. The van der Waals surface area contributed by atoms with E-state index >= 15 is 0 Å². The molecule has 0 fully saturated rings. The molecule has 1 aromatic rings.